The standard InChI is InChI=1S/C13H19N3/c1-4-8-16(9-5-2)13-10-12(11(3)14)6-7-15-13/h1,6-7,10-11H,5,8-9,14H2,2-3H3/t11-/m1/s1. The average Bonchev–Trinajstić information content (AvgIpc) is 2.29. The van der Waals surface area contributed by atoms with Gasteiger partial charge in [0.25, 0.3) is 0 Å². The molecule has 1 atom stereocenters. The average molecular weight is 217 g/mol. The molecule has 0 fully saturated rings. The van der Waals surface area contributed by atoms with Crippen molar-refractivity contribution in [3.63, 3.8) is 0 Å². The Morgan fingerprint density at radius 3 is 2.94 bits per heavy atom. The van der Waals surface area contributed by atoms with E-state index in [1.54, 1.807) is 6.20 Å². The molecule has 3 heteroatoms. The molecule has 0 aromatic carbocycles. The van der Waals surface area contributed by atoms with Crippen molar-refractivity contribution in [2.45, 2.75) is 26.3 Å². The molecule has 0 amide bonds. The first-order valence-electron chi connectivity index (χ1n) is 5.59. The van der Waals surface area contributed by atoms with Crippen molar-refractivity contribution >= 4 is 5.82 Å². The van der Waals surface area contributed by atoms with Gasteiger partial charge in [-0.15, -0.1) is 6.42 Å². The topological polar surface area (TPSA) is 42.1 Å². The number of nitrogens with zero attached hydrogens (tertiary/aromatic N) is 2. The van der Waals surface area contributed by atoms with E-state index in [4.69, 9.17) is 12.2 Å². The summed E-state index contributed by atoms with van der Waals surface area (Å²) in [6.07, 6.45) is 8.18. The Bertz CT molecular complexity index is 366. The molecule has 0 saturated carbocycles. The first-order chi connectivity index (χ1) is 7.69. The number of rotatable bonds is 5. The normalized spacial score (nSPS) is 11.9. The fourth-order valence-corrected chi connectivity index (χ4v) is 1.55. The summed E-state index contributed by atoms with van der Waals surface area (Å²) in [7, 11) is 0. The van der Waals surface area contributed by atoms with E-state index in [2.05, 4.69) is 22.7 Å². The van der Waals surface area contributed by atoms with Crippen molar-refractivity contribution in [2.75, 3.05) is 18.0 Å². The van der Waals surface area contributed by atoms with Gasteiger partial charge >= 0.3 is 0 Å². The lowest BCUT2D eigenvalue weighted by atomic mass is 10.1. The van der Waals surface area contributed by atoms with Crippen LogP contribution in [0.4, 0.5) is 5.82 Å². The fourth-order valence-electron chi connectivity index (χ4n) is 1.55. The number of pyridine rings is 1. The molecule has 0 bridgehead atoms. The lowest BCUT2D eigenvalue weighted by Gasteiger charge is -2.21. The number of aromatic nitrogens is 1. The van der Waals surface area contributed by atoms with Gasteiger partial charge in [-0.2, -0.15) is 0 Å². The smallest absolute Gasteiger partial charge is 0.129 e. The van der Waals surface area contributed by atoms with Gasteiger partial charge < -0.3 is 10.6 Å². The highest BCUT2D eigenvalue weighted by atomic mass is 15.2. The van der Waals surface area contributed by atoms with E-state index < -0.39 is 0 Å². The summed E-state index contributed by atoms with van der Waals surface area (Å²) in [6, 6.07) is 3.97. The van der Waals surface area contributed by atoms with Crippen LogP contribution in [-0.4, -0.2) is 18.1 Å². The highest BCUT2D eigenvalue weighted by molar-refractivity contribution is 5.42. The van der Waals surface area contributed by atoms with E-state index in [-0.39, 0.29) is 6.04 Å². The van der Waals surface area contributed by atoms with Crippen LogP contribution < -0.4 is 10.6 Å². The van der Waals surface area contributed by atoms with Crippen molar-refractivity contribution in [3.05, 3.63) is 23.9 Å². The Morgan fingerprint density at radius 2 is 2.38 bits per heavy atom. The highest BCUT2D eigenvalue weighted by Gasteiger charge is 2.07. The van der Waals surface area contributed by atoms with Gasteiger partial charge in [0.15, 0.2) is 0 Å². The second kappa shape index (κ2) is 6.14. The highest BCUT2D eigenvalue weighted by Crippen LogP contribution is 2.16. The summed E-state index contributed by atoms with van der Waals surface area (Å²) in [6.45, 7) is 5.59. The van der Waals surface area contributed by atoms with Crippen LogP contribution in [0.5, 0.6) is 0 Å². The maximum atomic E-state index is 5.84. The van der Waals surface area contributed by atoms with Crippen molar-refractivity contribution < 1.29 is 0 Å². The van der Waals surface area contributed by atoms with Crippen molar-refractivity contribution in [2.24, 2.45) is 5.73 Å². The second-order valence-electron chi connectivity index (χ2n) is 3.86. The minimum absolute atomic E-state index is 0.0241. The van der Waals surface area contributed by atoms with Crippen LogP contribution in [0.3, 0.4) is 0 Å². The molecule has 3 nitrogen and oxygen atoms in total. The molecule has 1 heterocycles. The monoisotopic (exact) mass is 217 g/mol. The summed E-state index contributed by atoms with van der Waals surface area (Å²) in [4.78, 5) is 6.42. The molecule has 86 valence electrons. The number of nitrogens with two attached hydrogens (primary N) is 1. The van der Waals surface area contributed by atoms with Gasteiger partial charge in [-0.25, -0.2) is 4.98 Å². The molecule has 0 aliphatic rings. The van der Waals surface area contributed by atoms with Gasteiger partial charge in [0.2, 0.25) is 0 Å². The SMILES string of the molecule is C#CCN(CCC)c1cc([C@@H](C)N)ccn1. The Kier molecular flexibility index (Phi) is 4.81. The van der Waals surface area contributed by atoms with Gasteiger partial charge in [-0.05, 0) is 31.0 Å². The summed E-state index contributed by atoms with van der Waals surface area (Å²) < 4.78 is 0. The van der Waals surface area contributed by atoms with Crippen LogP contribution in [0.2, 0.25) is 0 Å². The molecular weight excluding hydrogens is 198 g/mol. The predicted molar refractivity (Wildman–Crippen MR) is 68.2 cm³/mol. The first kappa shape index (κ1) is 12.5. The zero-order valence-electron chi connectivity index (χ0n) is 9.98. The van der Waals surface area contributed by atoms with Gasteiger partial charge in [0.05, 0.1) is 6.54 Å². The second-order valence-corrected chi connectivity index (χ2v) is 3.86. The van der Waals surface area contributed by atoms with Crippen LogP contribution in [0.1, 0.15) is 31.9 Å². The van der Waals surface area contributed by atoms with Gasteiger partial charge in [0.1, 0.15) is 5.82 Å². The molecule has 0 radical (unpaired) electrons. The lowest BCUT2D eigenvalue weighted by Crippen LogP contribution is -2.25. The minimum Gasteiger partial charge on any atom is -0.345 e. The Labute approximate surface area is 97.7 Å². The minimum atomic E-state index is 0.0241. The van der Waals surface area contributed by atoms with E-state index in [1.807, 2.05) is 19.1 Å². The van der Waals surface area contributed by atoms with Crippen molar-refractivity contribution in [3.8, 4) is 12.3 Å². The maximum Gasteiger partial charge on any atom is 0.129 e. The van der Waals surface area contributed by atoms with E-state index in [0.29, 0.717) is 6.54 Å². The molecule has 2 N–H and O–H groups in total. The number of hydrogen-bond acceptors (Lipinski definition) is 3. The molecule has 0 aliphatic heterocycles. The Balaban J connectivity index is 2.91. The van der Waals surface area contributed by atoms with Gasteiger partial charge in [0, 0.05) is 18.8 Å². The molecule has 1 rings (SSSR count). The van der Waals surface area contributed by atoms with E-state index in [1.165, 1.54) is 0 Å². The summed E-state index contributed by atoms with van der Waals surface area (Å²) in [5.41, 5.74) is 6.93. The van der Waals surface area contributed by atoms with Crippen LogP contribution in [0.15, 0.2) is 18.3 Å². The molecular formula is C13H19N3. The predicted octanol–water partition coefficient (Wildman–Crippen LogP) is 1.95. The lowest BCUT2D eigenvalue weighted by molar-refractivity contribution is 0.790. The third-order valence-electron chi connectivity index (χ3n) is 2.40. The molecule has 0 spiro atoms. The third-order valence-corrected chi connectivity index (χ3v) is 2.40. The fraction of sp³-hybridized carbons (Fsp3) is 0.462. The van der Waals surface area contributed by atoms with E-state index >= 15 is 0 Å². The van der Waals surface area contributed by atoms with E-state index in [9.17, 15) is 0 Å². The number of terminal acetylenes is 1. The zero-order chi connectivity index (χ0) is 12.0. The largest absolute Gasteiger partial charge is 0.345 e. The summed E-state index contributed by atoms with van der Waals surface area (Å²) in [5, 5.41) is 0. The van der Waals surface area contributed by atoms with Gasteiger partial charge in [-0.1, -0.05) is 12.8 Å². The Morgan fingerprint density at radius 1 is 1.62 bits per heavy atom. The maximum absolute atomic E-state index is 5.84. The number of hydrogen-bond donors (Lipinski definition) is 1. The summed E-state index contributed by atoms with van der Waals surface area (Å²) in [5.74, 6) is 3.57. The van der Waals surface area contributed by atoms with Gasteiger partial charge in [-0.3, -0.25) is 0 Å². The first-order valence-corrected chi connectivity index (χ1v) is 5.59. The van der Waals surface area contributed by atoms with Crippen LogP contribution in [0, 0.1) is 12.3 Å². The third kappa shape index (κ3) is 3.25. The molecule has 1 aromatic heterocycles. The zero-order valence-corrected chi connectivity index (χ0v) is 9.98. The van der Waals surface area contributed by atoms with Crippen LogP contribution in [-0.2, 0) is 0 Å². The van der Waals surface area contributed by atoms with Crippen molar-refractivity contribution in [1.82, 2.24) is 4.98 Å². The molecule has 0 aliphatic carbocycles. The molecule has 0 saturated heterocycles. The van der Waals surface area contributed by atoms with Crippen LogP contribution >= 0.6 is 0 Å². The van der Waals surface area contributed by atoms with Crippen LogP contribution in [0.25, 0.3) is 0 Å². The summed E-state index contributed by atoms with van der Waals surface area (Å²) >= 11 is 0. The van der Waals surface area contributed by atoms with E-state index in [0.717, 1.165) is 24.3 Å². The molecule has 16 heavy (non-hydrogen) atoms. The Hall–Kier alpha value is -1.53. The quantitative estimate of drug-likeness (QED) is 0.766. The number of anilines is 1. The van der Waals surface area contributed by atoms with Crippen molar-refractivity contribution in [1.29, 1.82) is 0 Å². The molecule has 0 unspecified atom stereocenters. The molecule has 1 aromatic rings.